The lowest BCUT2D eigenvalue weighted by Gasteiger charge is -2.11. The summed E-state index contributed by atoms with van der Waals surface area (Å²) in [5, 5.41) is 12.5. The van der Waals surface area contributed by atoms with Crippen molar-refractivity contribution in [2.24, 2.45) is 0 Å². The van der Waals surface area contributed by atoms with Crippen molar-refractivity contribution in [2.45, 2.75) is 31.5 Å². The Labute approximate surface area is 171 Å². The number of thioether (sulfide) groups is 1. The molecule has 0 saturated heterocycles. The third-order valence-electron chi connectivity index (χ3n) is 3.96. The molecule has 1 amide bonds. The highest BCUT2D eigenvalue weighted by atomic mass is 79.9. The zero-order chi connectivity index (χ0) is 19.1. The number of carbonyl (C=O) groups is 1. The van der Waals surface area contributed by atoms with Gasteiger partial charge >= 0.3 is 0 Å². The molecular weight excluding hydrogens is 424 g/mol. The van der Waals surface area contributed by atoms with Crippen LogP contribution in [-0.2, 0) is 6.54 Å². The van der Waals surface area contributed by atoms with E-state index in [1.54, 1.807) is 23.9 Å². The molecule has 0 aliphatic carbocycles. The fourth-order valence-corrected chi connectivity index (χ4v) is 3.83. The van der Waals surface area contributed by atoms with Crippen LogP contribution < -0.4 is 5.32 Å². The molecule has 7 heteroatoms. The number of nitrogens with one attached hydrogen (secondary N) is 1. The van der Waals surface area contributed by atoms with E-state index in [1.165, 1.54) is 0 Å². The molecule has 5 nitrogen and oxygen atoms in total. The standard InChI is InChI=1S/C20H21BrN4OS/c1-2-3-13-27-20-24-23-18(25(20)17-11-9-16(21)10-12-17)14-22-19(26)15-7-5-4-6-8-15/h4-12H,2-3,13-14H2,1H3,(H,22,26). The highest BCUT2D eigenvalue weighted by molar-refractivity contribution is 9.10. The third kappa shape index (κ3) is 5.20. The number of aromatic nitrogens is 3. The number of unbranched alkanes of at least 4 members (excludes halogenated alkanes) is 1. The van der Waals surface area contributed by atoms with Crippen molar-refractivity contribution < 1.29 is 4.79 Å². The second-order valence-electron chi connectivity index (χ2n) is 5.96. The Kier molecular flexibility index (Phi) is 7.06. The molecule has 1 heterocycles. The zero-order valence-corrected chi connectivity index (χ0v) is 17.5. The van der Waals surface area contributed by atoms with Crippen LogP contribution in [0.2, 0.25) is 0 Å². The number of halogens is 1. The molecule has 0 unspecified atom stereocenters. The van der Waals surface area contributed by atoms with Crippen molar-refractivity contribution in [1.82, 2.24) is 20.1 Å². The second-order valence-corrected chi connectivity index (χ2v) is 7.94. The molecule has 0 aliphatic rings. The van der Waals surface area contributed by atoms with Gasteiger partial charge < -0.3 is 5.32 Å². The number of rotatable bonds is 8. The van der Waals surface area contributed by atoms with E-state index >= 15 is 0 Å². The van der Waals surface area contributed by atoms with Crippen molar-refractivity contribution >= 4 is 33.6 Å². The van der Waals surface area contributed by atoms with Gasteiger partial charge in [0.25, 0.3) is 5.91 Å². The Morgan fingerprint density at radius 3 is 2.56 bits per heavy atom. The van der Waals surface area contributed by atoms with Crippen LogP contribution in [0.15, 0.2) is 64.2 Å². The summed E-state index contributed by atoms with van der Waals surface area (Å²) < 4.78 is 3.02. The van der Waals surface area contributed by atoms with Crippen LogP contribution in [0.4, 0.5) is 0 Å². The molecule has 140 valence electrons. The molecular formula is C20H21BrN4OS. The van der Waals surface area contributed by atoms with Crippen LogP contribution in [0.5, 0.6) is 0 Å². The molecule has 27 heavy (non-hydrogen) atoms. The summed E-state index contributed by atoms with van der Waals surface area (Å²) in [6.45, 7) is 2.48. The summed E-state index contributed by atoms with van der Waals surface area (Å²) in [5.74, 6) is 1.57. The maximum atomic E-state index is 12.3. The molecule has 1 aromatic heterocycles. The van der Waals surface area contributed by atoms with Gasteiger partial charge in [0.15, 0.2) is 11.0 Å². The SMILES string of the molecule is CCCCSc1nnc(CNC(=O)c2ccccc2)n1-c1ccc(Br)cc1. The van der Waals surface area contributed by atoms with E-state index in [9.17, 15) is 4.79 Å². The van der Waals surface area contributed by atoms with Crippen molar-refractivity contribution in [3.05, 3.63) is 70.5 Å². The first-order chi connectivity index (χ1) is 13.2. The third-order valence-corrected chi connectivity index (χ3v) is 5.50. The van der Waals surface area contributed by atoms with Crippen molar-refractivity contribution in [3.8, 4) is 5.69 Å². The zero-order valence-electron chi connectivity index (χ0n) is 15.1. The number of hydrogen-bond acceptors (Lipinski definition) is 4. The van der Waals surface area contributed by atoms with Gasteiger partial charge in [0.1, 0.15) is 0 Å². The molecule has 0 aliphatic heterocycles. The van der Waals surface area contributed by atoms with E-state index in [-0.39, 0.29) is 5.91 Å². The summed E-state index contributed by atoms with van der Waals surface area (Å²) in [5.41, 5.74) is 1.61. The lowest BCUT2D eigenvalue weighted by atomic mass is 10.2. The fraction of sp³-hybridized carbons (Fsp3) is 0.250. The smallest absolute Gasteiger partial charge is 0.251 e. The maximum Gasteiger partial charge on any atom is 0.251 e. The van der Waals surface area contributed by atoms with Crippen molar-refractivity contribution in [1.29, 1.82) is 0 Å². The number of carbonyl (C=O) groups excluding carboxylic acids is 1. The van der Waals surface area contributed by atoms with Crippen LogP contribution in [0, 0.1) is 0 Å². The highest BCUT2D eigenvalue weighted by Crippen LogP contribution is 2.24. The fourth-order valence-electron chi connectivity index (χ4n) is 2.52. The van der Waals surface area contributed by atoms with Gasteiger partial charge in [-0.15, -0.1) is 10.2 Å². The topological polar surface area (TPSA) is 59.8 Å². The van der Waals surface area contributed by atoms with Gasteiger partial charge in [-0.2, -0.15) is 0 Å². The first-order valence-corrected chi connectivity index (χ1v) is 10.6. The molecule has 0 saturated carbocycles. The van der Waals surface area contributed by atoms with Crippen molar-refractivity contribution in [3.63, 3.8) is 0 Å². The maximum absolute atomic E-state index is 12.3. The van der Waals surface area contributed by atoms with Gasteiger partial charge in [-0.3, -0.25) is 9.36 Å². The van der Waals surface area contributed by atoms with Crippen LogP contribution in [0.1, 0.15) is 35.9 Å². The first kappa shape index (κ1) is 19.6. The van der Waals surface area contributed by atoms with E-state index in [0.29, 0.717) is 17.9 Å². The van der Waals surface area contributed by atoms with Gasteiger partial charge in [0, 0.05) is 21.5 Å². The minimum atomic E-state index is -0.124. The largest absolute Gasteiger partial charge is 0.345 e. The average molecular weight is 445 g/mol. The second kappa shape index (κ2) is 9.71. The normalized spacial score (nSPS) is 10.7. The molecule has 0 radical (unpaired) electrons. The molecule has 3 rings (SSSR count). The first-order valence-electron chi connectivity index (χ1n) is 8.85. The van der Waals surface area contributed by atoms with Gasteiger partial charge in [-0.1, -0.05) is 59.2 Å². The molecule has 1 N–H and O–H groups in total. The quantitative estimate of drug-likeness (QED) is 0.398. The van der Waals surface area contributed by atoms with E-state index in [1.807, 2.05) is 47.0 Å². The number of benzene rings is 2. The molecule has 0 spiro atoms. The summed E-state index contributed by atoms with van der Waals surface area (Å²) in [4.78, 5) is 12.3. The Hall–Kier alpha value is -2.12. The molecule has 2 aromatic carbocycles. The Bertz CT molecular complexity index is 881. The molecule has 3 aromatic rings. The minimum absolute atomic E-state index is 0.124. The number of amides is 1. The summed E-state index contributed by atoms with van der Waals surface area (Å²) in [6, 6.07) is 17.2. The lowest BCUT2D eigenvalue weighted by molar-refractivity contribution is 0.0949. The summed E-state index contributed by atoms with van der Waals surface area (Å²) >= 11 is 5.16. The Morgan fingerprint density at radius 2 is 1.85 bits per heavy atom. The van der Waals surface area contributed by atoms with Crippen molar-refractivity contribution in [2.75, 3.05) is 5.75 Å². The van der Waals surface area contributed by atoms with Crippen LogP contribution in [-0.4, -0.2) is 26.4 Å². The number of hydrogen-bond donors (Lipinski definition) is 1. The van der Waals surface area contributed by atoms with Crippen LogP contribution in [0.25, 0.3) is 5.69 Å². The van der Waals surface area contributed by atoms with Gasteiger partial charge in [0.2, 0.25) is 0 Å². The monoisotopic (exact) mass is 444 g/mol. The average Bonchev–Trinajstić information content (AvgIpc) is 3.10. The summed E-state index contributed by atoms with van der Waals surface area (Å²) in [7, 11) is 0. The van der Waals surface area contributed by atoms with Gasteiger partial charge in [-0.05, 0) is 42.8 Å². The van der Waals surface area contributed by atoms with E-state index in [2.05, 4.69) is 38.4 Å². The minimum Gasteiger partial charge on any atom is -0.345 e. The Morgan fingerprint density at radius 1 is 1.11 bits per heavy atom. The Balaban J connectivity index is 1.81. The van der Waals surface area contributed by atoms with Gasteiger partial charge in [-0.25, -0.2) is 0 Å². The summed E-state index contributed by atoms with van der Waals surface area (Å²) in [6.07, 6.45) is 2.26. The van der Waals surface area contributed by atoms with E-state index in [4.69, 9.17) is 0 Å². The highest BCUT2D eigenvalue weighted by Gasteiger charge is 2.15. The van der Waals surface area contributed by atoms with Crippen LogP contribution >= 0.6 is 27.7 Å². The molecule has 0 atom stereocenters. The van der Waals surface area contributed by atoms with Gasteiger partial charge in [0.05, 0.1) is 6.54 Å². The predicted octanol–water partition coefficient (Wildman–Crippen LogP) is 4.85. The van der Waals surface area contributed by atoms with E-state index < -0.39 is 0 Å². The predicted molar refractivity (Wildman–Crippen MR) is 112 cm³/mol. The number of nitrogens with zero attached hydrogens (tertiary/aromatic N) is 3. The molecule has 0 bridgehead atoms. The van der Waals surface area contributed by atoms with E-state index in [0.717, 1.165) is 33.9 Å². The lowest BCUT2D eigenvalue weighted by Crippen LogP contribution is -2.24. The molecule has 0 fully saturated rings. The van der Waals surface area contributed by atoms with Crippen LogP contribution in [0.3, 0.4) is 0 Å².